The lowest BCUT2D eigenvalue weighted by atomic mass is 10.1. The Hall–Kier alpha value is -2.16. The molecule has 6 nitrogen and oxygen atoms in total. The van der Waals surface area contributed by atoms with Gasteiger partial charge in [-0.05, 0) is 68.4 Å². The molecule has 1 saturated heterocycles. The zero-order valence-corrected chi connectivity index (χ0v) is 16.0. The summed E-state index contributed by atoms with van der Waals surface area (Å²) in [7, 11) is -3.81. The number of piperidine rings is 1. The van der Waals surface area contributed by atoms with Crippen LogP contribution in [0.15, 0.2) is 52.4 Å². The summed E-state index contributed by atoms with van der Waals surface area (Å²) in [5.41, 5.74) is 1.43. The summed E-state index contributed by atoms with van der Waals surface area (Å²) in [6.07, 6.45) is 2.04. The number of nitrogens with zero attached hydrogens (tertiary/aromatic N) is 1. The Morgan fingerprint density at radius 3 is 2.48 bits per heavy atom. The maximum absolute atomic E-state index is 13.1. The quantitative estimate of drug-likeness (QED) is 0.575. The Morgan fingerprint density at radius 1 is 1.07 bits per heavy atom. The van der Waals surface area contributed by atoms with Crippen molar-refractivity contribution in [1.29, 1.82) is 0 Å². The fourth-order valence-electron chi connectivity index (χ4n) is 3.21. The van der Waals surface area contributed by atoms with Gasteiger partial charge in [-0.15, -0.1) is 12.4 Å². The van der Waals surface area contributed by atoms with Gasteiger partial charge in [-0.25, -0.2) is 12.8 Å². The van der Waals surface area contributed by atoms with Gasteiger partial charge in [0.2, 0.25) is 9.84 Å². The summed E-state index contributed by atoms with van der Waals surface area (Å²) in [6.45, 7) is 1.94. The average molecular weight is 411 g/mol. The molecule has 0 atom stereocenters. The van der Waals surface area contributed by atoms with Gasteiger partial charge in [0.05, 0.1) is 10.4 Å². The lowest BCUT2D eigenvalue weighted by molar-refractivity contribution is 0.479. The first-order valence-corrected chi connectivity index (χ1v) is 9.98. The van der Waals surface area contributed by atoms with Crippen LogP contribution in [0.25, 0.3) is 10.9 Å². The van der Waals surface area contributed by atoms with Crippen LogP contribution in [0.4, 0.5) is 10.1 Å². The van der Waals surface area contributed by atoms with Crippen LogP contribution in [-0.2, 0) is 9.84 Å². The summed E-state index contributed by atoms with van der Waals surface area (Å²) in [5.74, 6) is -0.480. The van der Waals surface area contributed by atoms with Gasteiger partial charge < -0.3 is 10.6 Å². The second-order valence-electron chi connectivity index (χ2n) is 6.41. The Labute approximate surface area is 162 Å². The Morgan fingerprint density at radius 2 is 1.78 bits per heavy atom. The van der Waals surface area contributed by atoms with Crippen LogP contribution in [0.1, 0.15) is 12.8 Å². The number of benzene rings is 2. The molecule has 0 spiro atoms. The van der Waals surface area contributed by atoms with Crippen LogP contribution in [0.3, 0.4) is 0 Å². The largest absolute Gasteiger partial charge is 0.382 e. The predicted molar refractivity (Wildman–Crippen MR) is 105 cm³/mol. The molecule has 144 valence electrons. The highest BCUT2D eigenvalue weighted by atomic mass is 35.5. The van der Waals surface area contributed by atoms with Gasteiger partial charge >= 0.3 is 0 Å². The molecular formula is C18H20ClFN4O2S. The van der Waals surface area contributed by atoms with Crippen molar-refractivity contribution in [2.24, 2.45) is 0 Å². The molecule has 4 rings (SSSR count). The molecular weight excluding hydrogens is 391 g/mol. The number of hydrogen-bond donors (Lipinski definition) is 3. The molecule has 1 aliphatic heterocycles. The third-order valence-corrected chi connectivity index (χ3v) is 6.36. The van der Waals surface area contributed by atoms with E-state index in [0.29, 0.717) is 16.9 Å². The topological polar surface area (TPSA) is 86.9 Å². The highest BCUT2D eigenvalue weighted by molar-refractivity contribution is 7.91. The Bertz CT molecular complexity index is 1030. The average Bonchev–Trinajstić information content (AvgIpc) is 3.07. The maximum atomic E-state index is 13.1. The van der Waals surface area contributed by atoms with Crippen molar-refractivity contribution in [2.75, 3.05) is 18.4 Å². The standard InChI is InChI=1S/C18H19FN4O2S.ClH/c19-12-1-4-15(5-2-12)26(24,25)18-16-11-14(3-6-17(16)22-23-18)21-13-7-9-20-10-8-13;/h1-6,11,13,20-21H,7-10H2,(H,22,23);1H. The molecule has 0 bridgehead atoms. The SMILES string of the molecule is Cl.O=S(=O)(c1ccc(F)cc1)c1[nH]nc2ccc(NC3CCNCC3)cc12. The zero-order valence-electron chi connectivity index (χ0n) is 14.4. The maximum Gasteiger partial charge on any atom is 0.223 e. The van der Waals surface area contributed by atoms with Gasteiger partial charge in [-0.2, -0.15) is 5.10 Å². The lowest BCUT2D eigenvalue weighted by Crippen LogP contribution is -2.35. The molecule has 1 aromatic heterocycles. The molecule has 0 unspecified atom stereocenters. The van der Waals surface area contributed by atoms with Gasteiger partial charge in [0.25, 0.3) is 0 Å². The fourth-order valence-corrected chi connectivity index (χ4v) is 4.56. The molecule has 3 N–H and O–H groups in total. The first-order chi connectivity index (χ1) is 12.5. The Balaban J connectivity index is 0.00000210. The van der Waals surface area contributed by atoms with Crippen LogP contribution in [-0.4, -0.2) is 37.7 Å². The third kappa shape index (κ3) is 3.92. The molecule has 1 fully saturated rings. The van der Waals surface area contributed by atoms with E-state index in [1.54, 1.807) is 12.1 Å². The number of rotatable bonds is 4. The van der Waals surface area contributed by atoms with Gasteiger partial charge in [0.1, 0.15) is 5.82 Å². The predicted octanol–water partition coefficient (Wildman–Crippen LogP) is 3.12. The second kappa shape index (κ2) is 7.84. The molecule has 1 aliphatic rings. The number of H-pyrrole nitrogens is 1. The van der Waals surface area contributed by atoms with E-state index in [-0.39, 0.29) is 22.3 Å². The molecule has 0 radical (unpaired) electrons. The van der Waals surface area contributed by atoms with Gasteiger partial charge in [-0.3, -0.25) is 5.10 Å². The first kappa shape index (κ1) is 19.6. The van der Waals surface area contributed by atoms with E-state index in [1.165, 1.54) is 12.1 Å². The van der Waals surface area contributed by atoms with E-state index in [0.717, 1.165) is 43.8 Å². The smallest absolute Gasteiger partial charge is 0.223 e. The molecule has 2 heterocycles. The van der Waals surface area contributed by atoms with Gasteiger partial charge in [0.15, 0.2) is 5.03 Å². The lowest BCUT2D eigenvalue weighted by Gasteiger charge is -2.24. The van der Waals surface area contributed by atoms with Crippen molar-refractivity contribution < 1.29 is 12.8 Å². The number of hydrogen-bond acceptors (Lipinski definition) is 5. The molecule has 0 saturated carbocycles. The highest BCUT2D eigenvalue weighted by Gasteiger charge is 2.23. The van der Waals surface area contributed by atoms with Gasteiger partial charge in [0, 0.05) is 17.1 Å². The minimum atomic E-state index is -3.81. The number of sulfone groups is 1. The third-order valence-electron chi connectivity index (χ3n) is 4.62. The summed E-state index contributed by atoms with van der Waals surface area (Å²) in [5, 5.41) is 14.0. The summed E-state index contributed by atoms with van der Waals surface area (Å²) >= 11 is 0. The number of fused-ring (bicyclic) bond motifs is 1. The van der Waals surface area contributed by atoms with Crippen LogP contribution < -0.4 is 10.6 Å². The van der Waals surface area contributed by atoms with Crippen LogP contribution in [0, 0.1) is 5.82 Å². The van der Waals surface area contributed by atoms with Crippen LogP contribution in [0.5, 0.6) is 0 Å². The van der Waals surface area contributed by atoms with Gasteiger partial charge in [-0.1, -0.05) is 0 Å². The molecule has 9 heteroatoms. The number of anilines is 1. The monoisotopic (exact) mass is 410 g/mol. The minimum Gasteiger partial charge on any atom is -0.382 e. The molecule has 0 aliphatic carbocycles. The molecule has 27 heavy (non-hydrogen) atoms. The van der Waals surface area contributed by atoms with E-state index < -0.39 is 15.7 Å². The Kier molecular flexibility index (Phi) is 5.69. The zero-order chi connectivity index (χ0) is 18.1. The normalized spacial score (nSPS) is 15.4. The summed E-state index contributed by atoms with van der Waals surface area (Å²) in [6, 6.07) is 10.6. The van der Waals surface area contributed by atoms with Crippen molar-refractivity contribution in [3.05, 3.63) is 48.3 Å². The van der Waals surface area contributed by atoms with Crippen molar-refractivity contribution in [2.45, 2.75) is 28.8 Å². The van der Waals surface area contributed by atoms with E-state index in [1.807, 2.05) is 6.07 Å². The van der Waals surface area contributed by atoms with Crippen molar-refractivity contribution in [1.82, 2.24) is 15.5 Å². The first-order valence-electron chi connectivity index (χ1n) is 8.50. The van der Waals surface area contributed by atoms with E-state index >= 15 is 0 Å². The van der Waals surface area contributed by atoms with E-state index in [9.17, 15) is 12.8 Å². The van der Waals surface area contributed by atoms with Crippen molar-refractivity contribution in [3.63, 3.8) is 0 Å². The number of nitrogens with one attached hydrogen (secondary N) is 3. The summed E-state index contributed by atoms with van der Waals surface area (Å²) in [4.78, 5) is 0.0289. The van der Waals surface area contributed by atoms with Crippen LogP contribution in [0.2, 0.25) is 0 Å². The highest BCUT2D eigenvalue weighted by Crippen LogP contribution is 2.29. The fraction of sp³-hybridized carbons (Fsp3) is 0.278. The molecule has 0 amide bonds. The van der Waals surface area contributed by atoms with Crippen molar-refractivity contribution >= 4 is 38.8 Å². The van der Waals surface area contributed by atoms with E-state index in [2.05, 4.69) is 20.8 Å². The second-order valence-corrected chi connectivity index (χ2v) is 8.30. The number of halogens is 2. The van der Waals surface area contributed by atoms with Crippen LogP contribution >= 0.6 is 12.4 Å². The number of aromatic amines is 1. The van der Waals surface area contributed by atoms with E-state index in [4.69, 9.17) is 0 Å². The molecule has 2 aromatic carbocycles. The minimum absolute atomic E-state index is 0. The summed E-state index contributed by atoms with van der Waals surface area (Å²) < 4.78 is 38.9. The molecule has 3 aromatic rings. The number of aromatic nitrogens is 2. The van der Waals surface area contributed by atoms with Crippen molar-refractivity contribution in [3.8, 4) is 0 Å².